The van der Waals surface area contributed by atoms with Crippen LogP contribution in [0.5, 0.6) is 0 Å². The fraction of sp³-hybridized carbons (Fsp3) is 0.500. The van der Waals surface area contributed by atoms with Crippen LogP contribution in [0.4, 0.5) is 5.69 Å². The number of nitrogens with one attached hydrogen (secondary N) is 1. The van der Waals surface area contributed by atoms with Gasteiger partial charge in [0, 0.05) is 15.9 Å². The molecule has 1 unspecified atom stereocenters. The summed E-state index contributed by atoms with van der Waals surface area (Å²) >= 11 is 9.24. The van der Waals surface area contributed by atoms with Crippen molar-refractivity contribution in [2.24, 2.45) is 11.3 Å². The zero-order chi connectivity index (χ0) is 13.9. The predicted octanol–water partition coefficient (Wildman–Crippen LogP) is 5.11. The number of halogens is 2. The van der Waals surface area contributed by atoms with Gasteiger partial charge in [0.25, 0.3) is 0 Å². The van der Waals surface area contributed by atoms with Gasteiger partial charge in [0.1, 0.15) is 0 Å². The summed E-state index contributed by atoms with van der Waals surface area (Å²) in [6.07, 6.45) is 0.512. The molecule has 18 heavy (non-hydrogen) atoms. The largest absolute Gasteiger partial charge is 0.325 e. The number of hydrogen-bond donors (Lipinski definition) is 1. The van der Waals surface area contributed by atoms with Crippen LogP contribution in [-0.2, 0) is 4.79 Å². The van der Waals surface area contributed by atoms with Crippen molar-refractivity contribution < 1.29 is 4.79 Å². The molecule has 0 heterocycles. The van der Waals surface area contributed by atoms with E-state index in [-0.39, 0.29) is 11.3 Å². The first-order chi connectivity index (χ1) is 8.20. The minimum Gasteiger partial charge on any atom is -0.325 e. The zero-order valence-corrected chi connectivity index (χ0v) is 13.5. The molecule has 0 saturated carbocycles. The third-order valence-corrected chi connectivity index (χ3v) is 4.07. The number of carbonyl (C=O) groups is 1. The Labute approximate surface area is 122 Å². The van der Waals surface area contributed by atoms with E-state index < -0.39 is 0 Å². The van der Waals surface area contributed by atoms with Crippen molar-refractivity contribution in [3.8, 4) is 0 Å². The first-order valence-corrected chi connectivity index (χ1v) is 7.12. The average molecular weight is 333 g/mol. The van der Waals surface area contributed by atoms with Gasteiger partial charge in [-0.1, -0.05) is 39.3 Å². The van der Waals surface area contributed by atoms with E-state index in [2.05, 4.69) is 48.9 Å². The van der Waals surface area contributed by atoms with E-state index in [0.717, 1.165) is 10.2 Å². The van der Waals surface area contributed by atoms with Crippen LogP contribution >= 0.6 is 27.5 Å². The summed E-state index contributed by atoms with van der Waals surface area (Å²) in [6.45, 7) is 8.52. The summed E-state index contributed by atoms with van der Waals surface area (Å²) < 4.78 is 0.798. The number of hydrogen-bond acceptors (Lipinski definition) is 1. The molecule has 0 aromatic heterocycles. The summed E-state index contributed by atoms with van der Waals surface area (Å²) in [4.78, 5) is 11.9. The van der Waals surface area contributed by atoms with E-state index in [1.54, 1.807) is 18.2 Å². The lowest BCUT2D eigenvalue weighted by Gasteiger charge is -2.26. The number of amides is 1. The van der Waals surface area contributed by atoms with Gasteiger partial charge in [0.05, 0.1) is 5.69 Å². The quantitative estimate of drug-likeness (QED) is 0.818. The Kier molecular flexibility index (Phi) is 5.23. The number of benzene rings is 1. The second-order valence-electron chi connectivity index (χ2n) is 5.64. The maximum atomic E-state index is 11.9. The molecule has 2 nitrogen and oxygen atoms in total. The SMILES string of the molecule is CC(CC(=O)Nc1ccc(Cl)cc1Br)C(C)(C)C. The molecule has 0 aliphatic heterocycles. The van der Waals surface area contributed by atoms with Gasteiger partial charge >= 0.3 is 0 Å². The van der Waals surface area contributed by atoms with Crippen molar-refractivity contribution in [2.75, 3.05) is 5.32 Å². The van der Waals surface area contributed by atoms with Gasteiger partial charge in [0.15, 0.2) is 0 Å². The van der Waals surface area contributed by atoms with Gasteiger partial charge in [-0.15, -0.1) is 0 Å². The van der Waals surface area contributed by atoms with Crippen LogP contribution in [-0.4, -0.2) is 5.91 Å². The van der Waals surface area contributed by atoms with Crippen LogP contribution in [0, 0.1) is 11.3 Å². The highest BCUT2D eigenvalue weighted by atomic mass is 79.9. The Morgan fingerprint density at radius 2 is 2.06 bits per heavy atom. The van der Waals surface area contributed by atoms with Crippen LogP contribution in [0.15, 0.2) is 22.7 Å². The van der Waals surface area contributed by atoms with Gasteiger partial charge in [0.2, 0.25) is 5.91 Å². The molecule has 0 radical (unpaired) electrons. The van der Waals surface area contributed by atoms with Crippen LogP contribution in [0.3, 0.4) is 0 Å². The molecule has 1 aromatic rings. The number of carbonyl (C=O) groups excluding carboxylic acids is 1. The lowest BCUT2D eigenvalue weighted by atomic mass is 9.80. The van der Waals surface area contributed by atoms with Gasteiger partial charge in [-0.05, 0) is 45.5 Å². The number of anilines is 1. The Morgan fingerprint density at radius 1 is 1.44 bits per heavy atom. The van der Waals surface area contributed by atoms with Crippen molar-refractivity contribution in [3.05, 3.63) is 27.7 Å². The normalized spacial score (nSPS) is 13.2. The van der Waals surface area contributed by atoms with E-state index >= 15 is 0 Å². The van der Waals surface area contributed by atoms with Crippen molar-refractivity contribution in [1.82, 2.24) is 0 Å². The Hall–Kier alpha value is -0.540. The first-order valence-electron chi connectivity index (χ1n) is 5.95. The Bertz CT molecular complexity index is 440. The predicted molar refractivity (Wildman–Crippen MR) is 81.0 cm³/mol. The summed E-state index contributed by atoms with van der Waals surface area (Å²) in [6, 6.07) is 5.32. The second-order valence-corrected chi connectivity index (χ2v) is 6.93. The second kappa shape index (κ2) is 6.07. The van der Waals surface area contributed by atoms with E-state index in [1.807, 2.05) is 0 Å². The minimum absolute atomic E-state index is 0.0282. The molecule has 1 atom stereocenters. The monoisotopic (exact) mass is 331 g/mol. The van der Waals surface area contributed by atoms with Crippen LogP contribution in [0.1, 0.15) is 34.1 Å². The fourth-order valence-corrected chi connectivity index (χ4v) is 2.16. The molecule has 1 aromatic carbocycles. The highest BCUT2D eigenvalue weighted by Gasteiger charge is 2.22. The van der Waals surface area contributed by atoms with Gasteiger partial charge in [-0.2, -0.15) is 0 Å². The van der Waals surface area contributed by atoms with E-state index in [4.69, 9.17) is 11.6 Å². The topological polar surface area (TPSA) is 29.1 Å². The van der Waals surface area contributed by atoms with Gasteiger partial charge in [-0.25, -0.2) is 0 Å². The lowest BCUT2D eigenvalue weighted by molar-refractivity contribution is -0.117. The standard InChI is InChI=1S/C14H19BrClNO/c1-9(14(2,3)4)7-13(18)17-12-6-5-10(16)8-11(12)15/h5-6,8-9H,7H2,1-4H3,(H,17,18). The molecule has 1 N–H and O–H groups in total. The maximum Gasteiger partial charge on any atom is 0.224 e. The lowest BCUT2D eigenvalue weighted by Crippen LogP contribution is -2.24. The summed E-state index contributed by atoms with van der Waals surface area (Å²) in [5, 5.41) is 3.54. The van der Waals surface area contributed by atoms with E-state index in [0.29, 0.717) is 17.4 Å². The van der Waals surface area contributed by atoms with Crippen molar-refractivity contribution in [2.45, 2.75) is 34.1 Å². The molecule has 0 bridgehead atoms. The first kappa shape index (κ1) is 15.5. The van der Waals surface area contributed by atoms with Crippen molar-refractivity contribution in [1.29, 1.82) is 0 Å². The average Bonchev–Trinajstić information content (AvgIpc) is 2.20. The summed E-state index contributed by atoms with van der Waals surface area (Å²) in [5.41, 5.74) is 0.889. The molecular weight excluding hydrogens is 314 g/mol. The fourth-order valence-electron chi connectivity index (χ4n) is 1.38. The highest BCUT2D eigenvalue weighted by molar-refractivity contribution is 9.10. The van der Waals surface area contributed by atoms with Crippen LogP contribution < -0.4 is 5.32 Å². The molecule has 0 spiro atoms. The molecule has 1 amide bonds. The van der Waals surface area contributed by atoms with Gasteiger partial charge in [-0.3, -0.25) is 4.79 Å². The molecule has 1 rings (SSSR count). The third-order valence-electron chi connectivity index (χ3n) is 3.18. The van der Waals surface area contributed by atoms with Crippen molar-refractivity contribution >= 4 is 39.1 Å². The van der Waals surface area contributed by atoms with E-state index in [9.17, 15) is 4.79 Å². The maximum absolute atomic E-state index is 11.9. The zero-order valence-electron chi connectivity index (χ0n) is 11.2. The molecule has 0 aliphatic carbocycles. The highest BCUT2D eigenvalue weighted by Crippen LogP contribution is 2.30. The Balaban J connectivity index is 2.65. The molecule has 100 valence electrons. The Morgan fingerprint density at radius 3 is 2.56 bits per heavy atom. The van der Waals surface area contributed by atoms with Gasteiger partial charge < -0.3 is 5.32 Å². The minimum atomic E-state index is 0.0282. The molecule has 0 aliphatic rings. The number of rotatable bonds is 3. The molecular formula is C14H19BrClNO. The third kappa shape index (κ3) is 4.62. The van der Waals surface area contributed by atoms with E-state index in [1.165, 1.54) is 0 Å². The molecule has 0 saturated heterocycles. The van der Waals surface area contributed by atoms with Crippen LogP contribution in [0.2, 0.25) is 5.02 Å². The summed E-state index contributed by atoms with van der Waals surface area (Å²) in [5.74, 6) is 0.351. The molecule has 0 fully saturated rings. The van der Waals surface area contributed by atoms with Crippen LogP contribution in [0.25, 0.3) is 0 Å². The smallest absolute Gasteiger partial charge is 0.224 e. The molecule has 4 heteroatoms. The summed E-state index contributed by atoms with van der Waals surface area (Å²) in [7, 11) is 0. The van der Waals surface area contributed by atoms with Crippen molar-refractivity contribution in [3.63, 3.8) is 0 Å².